The number of nitrogens with two attached hydrogens (primary N) is 1. The van der Waals surface area contributed by atoms with E-state index in [4.69, 9.17) is 10.5 Å². The Labute approximate surface area is 121 Å². The van der Waals surface area contributed by atoms with Crippen molar-refractivity contribution >= 4 is 28.8 Å². The van der Waals surface area contributed by atoms with Crippen LogP contribution >= 0.6 is 11.5 Å². The molecule has 1 amide bonds. The van der Waals surface area contributed by atoms with Gasteiger partial charge in [-0.1, -0.05) is 18.3 Å². The number of anilines is 2. The molecule has 0 spiro atoms. The Morgan fingerprint density at radius 1 is 1.45 bits per heavy atom. The van der Waals surface area contributed by atoms with Gasteiger partial charge in [-0.15, -0.1) is 5.10 Å². The molecule has 1 aromatic heterocycles. The highest BCUT2D eigenvalue weighted by molar-refractivity contribution is 7.08. The fraction of sp³-hybridized carbons (Fsp3) is 0.308. The van der Waals surface area contributed by atoms with Crippen LogP contribution in [0.3, 0.4) is 0 Å². The summed E-state index contributed by atoms with van der Waals surface area (Å²) in [5.41, 5.74) is 7.55. The van der Waals surface area contributed by atoms with Gasteiger partial charge in [0.1, 0.15) is 10.6 Å². The van der Waals surface area contributed by atoms with Crippen molar-refractivity contribution in [1.29, 1.82) is 0 Å². The number of benzene rings is 1. The van der Waals surface area contributed by atoms with Gasteiger partial charge < -0.3 is 15.8 Å². The van der Waals surface area contributed by atoms with Crippen LogP contribution in [-0.2, 0) is 0 Å². The Kier molecular flexibility index (Phi) is 4.19. The maximum absolute atomic E-state index is 12.2. The second kappa shape index (κ2) is 5.87. The third-order valence-electron chi connectivity index (χ3n) is 2.77. The Bertz CT molecular complexity index is 625. The molecule has 0 bridgehead atoms. The highest BCUT2D eigenvalue weighted by Gasteiger charge is 2.19. The number of carbonyl (C=O) groups is 1. The van der Waals surface area contributed by atoms with Gasteiger partial charge in [0.25, 0.3) is 5.91 Å². The first-order chi connectivity index (χ1) is 9.52. The maximum Gasteiger partial charge on any atom is 0.269 e. The van der Waals surface area contributed by atoms with Gasteiger partial charge in [-0.25, -0.2) is 0 Å². The molecule has 106 valence electrons. The zero-order chi connectivity index (χ0) is 14.7. The quantitative estimate of drug-likeness (QED) is 0.845. The molecule has 0 fully saturated rings. The minimum absolute atomic E-state index is 0.141. The van der Waals surface area contributed by atoms with E-state index in [-0.39, 0.29) is 11.8 Å². The first-order valence-electron chi connectivity index (χ1n) is 6.10. The second-order valence-corrected chi connectivity index (χ2v) is 5.30. The maximum atomic E-state index is 12.2. The Hall–Kier alpha value is -2.15. The van der Waals surface area contributed by atoms with E-state index in [1.54, 1.807) is 25.3 Å². The number of rotatable bonds is 4. The molecule has 0 unspecified atom stereocenters. The summed E-state index contributed by atoms with van der Waals surface area (Å²) in [7, 11) is 1.56. The summed E-state index contributed by atoms with van der Waals surface area (Å²) in [5, 5.41) is 6.75. The number of carbonyl (C=O) groups excluding carboxylic acids is 1. The molecule has 0 radical (unpaired) electrons. The number of hydrogen-bond acceptors (Lipinski definition) is 6. The van der Waals surface area contributed by atoms with E-state index in [1.165, 1.54) is 0 Å². The molecule has 2 rings (SSSR count). The van der Waals surface area contributed by atoms with Gasteiger partial charge in [-0.05, 0) is 29.6 Å². The SMILES string of the molecule is COc1ccc(NC(=O)c2snnc2C(C)C)c(N)c1. The molecule has 2 aromatic rings. The topological polar surface area (TPSA) is 90.1 Å². The van der Waals surface area contributed by atoms with Crippen molar-refractivity contribution in [3.63, 3.8) is 0 Å². The van der Waals surface area contributed by atoms with Gasteiger partial charge in [0.05, 0.1) is 24.2 Å². The smallest absolute Gasteiger partial charge is 0.269 e. The van der Waals surface area contributed by atoms with Gasteiger partial charge in [-0.3, -0.25) is 4.79 Å². The first-order valence-corrected chi connectivity index (χ1v) is 6.87. The van der Waals surface area contributed by atoms with E-state index in [9.17, 15) is 4.79 Å². The first kappa shape index (κ1) is 14.3. The fourth-order valence-electron chi connectivity index (χ4n) is 1.69. The summed E-state index contributed by atoms with van der Waals surface area (Å²) in [6.45, 7) is 3.94. The summed E-state index contributed by atoms with van der Waals surface area (Å²) >= 11 is 1.08. The van der Waals surface area contributed by atoms with Crippen LogP contribution in [0, 0.1) is 0 Å². The number of amides is 1. The molecule has 7 heteroatoms. The van der Waals surface area contributed by atoms with Crippen molar-refractivity contribution in [2.75, 3.05) is 18.2 Å². The number of aromatic nitrogens is 2. The van der Waals surface area contributed by atoms with Crippen LogP contribution in [0.1, 0.15) is 35.1 Å². The molecule has 0 saturated heterocycles. The molecule has 0 aliphatic heterocycles. The van der Waals surface area contributed by atoms with Crippen LogP contribution in [0.25, 0.3) is 0 Å². The zero-order valence-electron chi connectivity index (χ0n) is 11.5. The van der Waals surface area contributed by atoms with E-state index in [0.29, 0.717) is 27.7 Å². The van der Waals surface area contributed by atoms with Crippen molar-refractivity contribution in [3.8, 4) is 5.75 Å². The Morgan fingerprint density at radius 3 is 2.80 bits per heavy atom. The number of methoxy groups -OCH3 is 1. The molecular formula is C13H16N4O2S. The molecule has 0 aliphatic rings. The molecular weight excluding hydrogens is 276 g/mol. The van der Waals surface area contributed by atoms with Crippen LogP contribution in [0.5, 0.6) is 5.75 Å². The van der Waals surface area contributed by atoms with E-state index in [1.807, 2.05) is 13.8 Å². The van der Waals surface area contributed by atoms with Gasteiger partial charge in [0, 0.05) is 6.07 Å². The third-order valence-corrected chi connectivity index (χ3v) is 3.51. The number of nitrogen functional groups attached to an aromatic ring is 1. The van der Waals surface area contributed by atoms with Crippen molar-refractivity contribution < 1.29 is 9.53 Å². The van der Waals surface area contributed by atoms with Crippen LogP contribution < -0.4 is 15.8 Å². The van der Waals surface area contributed by atoms with Gasteiger partial charge in [0.2, 0.25) is 0 Å². The lowest BCUT2D eigenvalue weighted by atomic mass is 10.1. The Morgan fingerprint density at radius 2 is 2.20 bits per heavy atom. The normalized spacial score (nSPS) is 10.6. The molecule has 0 saturated carbocycles. The van der Waals surface area contributed by atoms with Gasteiger partial charge in [0.15, 0.2) is 0 Å². The van der Waals surface area contributed by atoms with Crippen LogP contribution in [0.2, 0.25) is 0 Å². The lowest BCUT2D eigenvalue weighted by Crippen LogP contribution is -2.14. The average Bonchev–Trinajstić information content (AvgIpc) is 2.90. The van der Waals surface area contributed by atoms with Crippen LogP contribution in [-0.4, -0.2) is 22.6 Å². The molecule has 6 nitrogen and oxygen atoms in total. The fourth-order valence-corrected chi connectivity index (χ4v) is 2.41. The number of hydrogen-bond donors (Lipinski definition) is 2. The monoisotopic (exact) mass is 292 g/mol. The Balaban J connectivity index is 2.21. The molecule has 1 heterocycles. The summed E-state index contributed by atoms with van der Waals surface area (Å²) in [4.78, 5) is 12.7. The second-order valence-electron chi connectivity index (χ2n) is 4.55. The molecule has 0 aliphatic carbocycles. The molecule has 1 aromatic carbocycles. The van der Waals surface area contributed by atoms with Crippen LogP contribution in [0.4, 0.5) is 11.4 Å². The predicted molar refractivity (Wildman–Crippen MR) is 79.4 cm³/mol. The summed E-state index contributed by atoms with van der Waals surface area (Å²) in [6.07, 6.45) is 0. The minimum atomic E-state index is -0.249. The van der Waals surface area contributed by atoms with E-state index < -0.39 is 0 Å². The highest BCUT2D eigenvalue weighted by Crippen LogP contribution is 2.26. The van der Waals surface area contributed by atoms with Crippen molar-refractivity contribution in [3.05, 3.63) is 28.8 Å². The number of nitrogens with one attached hydrogen (secondary N) is 1. The summed E-state index contributed by atoms with van der Waals surface area (Å²) in [5.74, 6) is 0.533. The highest BCUT2D eigenvalue weighted by atomic mass is 32.1. The van der Waals surface area contributed by atoms with Crippen molar-refractivity contribution in [2.45, 2.75) is 19.8 Å². The van der Waals surface area contributed by atoms with E-state index in [0.717, 1.165) is 11.5 Å². The van der Waals surface area contributed by atoms with E-state index >= 15 is 0 Å². The van der Waals surface area contributed by atoms with Crippen molar-refractivity contribution in [2.24, 2.45) is 0 Å². The number of ether oxygens (including phenoxy) is 1. The van der Waals surface area contributed by atoms with E-state index in [2.05, 4.69) is 14.9 Å². The van der Waals surface area contributed by atoms with Crippen molar-refractivity contribution in [1.82, 2.24) is 9.59 Å². The predicted octanol–water partition coefficient (Wildman–Crippen LogP) is 2.50. The summed E-state index contributed by atoms with van der Waals surface area (Å²) in [6, 6.07) is 5.10. The largest absolute Gasteiger partial charge is 0.497 e. The minimum Gasteiger partial charge on any atom is -0.497 e. The standard InChI is InChI=1S/C13H16N4O2S/c1-7(2)11-12(20-17-16-11)13(18)15-10-5-4-8(19-3)6-9(10)14/h4-7H,14H2,1-3H3,(H,15,18). The third kappa shape index (κ3) is 2.88. The number of nitrogens with zero attached hydrogens (tertiary/aromatic N) is 2. The summed E-state index contributed by atoms with van der Waals surface area (Å²) < 4.78 is 8.90. The molecule has 3 N–H and O–H groups in total. The van der Waals surface area contributed by atoms with Gasteiger partial charge >= 0.3 is 0 Å². The molecule has 20 heavy (non-hydrogen) atoms. The lowest BCUT2D eigenvalue weighted by Gasteiger charge is -2.09. The average molecular weight is 292 g/mol. The molecule has 0 atom stereocenters. The van der Waals surface area contributed by atoms with Crippen LogP contribution in [0.15, 0.2) is 18.2 Å². The lowest BCUT2D eigenvalue weighted by molar-refractivity contribution is 0.102. The van der Waals surface area contributed by atoms with Gasteiger partial charge in [-0.2, -0.15) is 0 Å². The zero-order valence-corrected chi connectivity index (χ0v) is 12.3.